The highest BCUT2D eigenvalue weighted by molar-refractivity contribution is 6.31. The van der Waals surface area contributed by atoms with E-state index in [-0.39, 0.29) is 59.9 Å². The van der Waals surface area contributed by atoms with E-state index in [0.717, 1.165) is 6.07 Å². The lowest BCUT2D eigenvalue weighted by atomic mass is 10.0. The van der Waals surface area contributed by atoms with Gasteiger partial charge in [-0.2, -0.15) is 26.3 Å². The van der Waals surface area contributed by atoms with Crippen LogP contribution in [-0.4, -0.2) is 84.4 Å². The second-order valence-electron chi connectivity index (χ2n) is 11.0. The minimum Gasteiger partial charge on any atom is -0.363 e. The predicted octanol–water partition coefficient (Wildman–Crippen LogP) is 4.75. The number of carbonyl (C=O) groups excluding carboxylic acids is 4. The van der Waals surface area contributed by atoms with Crippen molar-refractivity contribution in [3.8, 4) is 5.69 Å². The first kappa shape index (κ1) is 40.9. The van der Waals surface area contributed by atoms with E-state index in [1.54, 1.807) is 6.92 Å². The number of unbranched alkanes of at least 4 members (excludes halogenated alkanes) is 1. The largest absolute Gasteiger partial charge is 0.423 e. The van der Waals surface area contributed by atoms with Crippen LogP contribution in [-0.2, 0) is 30.4 Å². The highest BCUT2D eigenvalue weighted by atomic mass is 35.5. The second kappa shape index (κ2) is 17.6. The molecule has 2 aromatic carbocycles. The zero-order chi connectivity index (χ0) is 38.1. The molecule has 11 nitrogen and oxygen atoms in total. The standard InChI is InChI=1S/C32H33ClF7N5O6/c1-17-42-15-19(45(17)24-12-11-18(33)14-21(24)25(46)20-8-4-5-9-22(20)34)16-43-28(47)23(44-30(49)27(51-3)32(38,39)40)10-6-7-13-41-29(48)26(50-2)31(35,36)37/h4-5,8-9,11-12,14-15,23,26-27H,6-7,10,13,16H2,1-3H3,(H,41,48)(H,43,47)(H,44,49). The Kier molecular flexibility index (Phi) is 14.1. The van der Waals surface area contributed by atoms with Gasteiger partial charge in [0.05, 0.1) is 29.7 Å². The number of methoxy groups -OCH3 is 2. The molecule has 1 heterocycles. The Labute approximate surface area is 291 Å². The van der Waals surface area contributed by atoms with Gasteiger partial charge in [0.15, 0.2) is 5.78 Å². The van der Waals surface area contributed by atoms with Crippen molar-refractivity contribution in [1.29, 1.82) is 0 Å². The summed E-state index contributed by atoms with van der Waals surface area (Å²) in [5.41, 5.74) is 0.233. The Morgan fingerprint density at radius 2 is 1.49 bits per heavy atom. The smallest absolute Gasteiger partial charge is 0.363 e. The van der Waals surface area contributed by atoms with Gasteiger partial charge in [0.1, 0.15) is 17.7 Å². The van der Waals surface area contributed by atoms with Crippen molar-refractivity contribution in [3.05, 3.63) is 82.1 Å². The van der Waals surface area contributed by atoms with Gasteiger partial charge in [0, 0.05) is 31.4 Å². The van der Waals surface area contributed by atoms with Crippen molar-refractivity contribution >= 4 is 35.1 Å². The van der Waals surface area contributed by atoms with Crippen LogP contribution in [0.1, 0.15) is 46.7 Å². The van der Waals surface area contributed by atoms with Crippen LogP contribution in [0.15, 0.2) is 48.7 Å². The summed E-state index contributed by atoms with van der Waals surface area (Å²) in [5, 5.41) is 6.69. The molecule has 3 rings (SSSR count). The Bertz CT molecular complexity index is 1720. The van der Waals surface area contributed by atoms with Crippen LogP contribution in [0.2, 0.25) is 5.02 Å². The third kappa shape index (κ3) is 10.7. The molecule has 0 saturated heterocycles. The van der Waals surface area contributed by atoms with Gasteiger partial charge in [-0.25, -0.2) is 9.37 Å². The number of ketones is 1. The molecule has 0 bridgehead atoms. The number of aryl methyl sites for hydroxylation is 1. The lowest BCUT2D eigenvalue weighted by Gasteiger charge is -2.23. The van der Waals surface area contributed by atoms with Gasteiger partial charge in [-0.15, -0.1) is 0 Å². The van der Waals surface area contributed by atoms with E-state index >= 15 is 0 Å². The molecular formula is C32H33ClF7N5O6. The van der Waals surface area contributed by atoms with Gasteiger partial charge in [-0.3, -0.25) is 23.7 Å². The summed E-state index contributed by atoms with van der Waals surface area (Å²) in [7, 11) is 1.35. The number of imidazole rings is 1. The number of nitrogens with one attached hydrogen (secondary N) is 3. The summed E-state index contributed by atoms with van der Waals surface area (Å²) >= 11 is 6.17. The Hall–Kier alpha value is -4.55. The molecule has 0 aliphatic heterocycles. The maximum absolute atomic E-state index is 14.5. The maximum atomic E-state index is 14.5. The molecule has 51 heavy (non-hydrogen) atoms. The van der Waals surface area contributed by atoms with Crippen LogP contribution >= 0.6 is 11.6 Å². The maximum Gasteiger partial charge on any atom is 0.423 e. The Balaban J connectivity index is 1.81. The van der Waals surface area contributed by atoms with Crippen molar-refractivity contribution in [2.45, 2.75) is 63.3 Å². The SMILES string of the molecule is COC(C(=O)NCCCCC(NC(=O)C(OC)C(F)(F)F)C(=O)NCc1cnc(C)n1-c1ccc(Cl)cc1C(=O)c1ccccc1F)C(F)(F)F. The van der Waals surface area contributed by atoms with Gasteiger partial charge in [0.25, 0.3) is 11.8 Å². The second-order valence-corrected chi connectivity index (χ2v) is 11.4. The van der Waals surface area contributed by atoms with E-state index in [1.165, 1.54) is 47.2 Å². The average molecular weight is 752 g/mol. The first-order chi connectivity index (χ1) is 23.9. The van der Waals surface area contributed by atoms with E-state index < -0.39 is 59.9 Å². The molecule has 3 aromatic rings. The number of rotatable bonds is 16. The van der Waals surface area contributed by atoms with Gasteiger partial charge >= 0.3 is 12.4 Å². The third-order valence-electron chi connectivity index (χ3n) is 7.41. The number of hydrogen-bond donors (Lipinski definition) is 3. The van der Waals surface area contributed by atoms with Crippen LogP contribution in [0.3, 0.4) is 0 Å². The van der Waals surface area contributed by atoms with Crippen molar-refractivity contribution in [2.24, 2.45) is 0 Å². The van der Waals surface area contributed by atoms with Crippen molar-refractivity contribution in [2.75, 3.05) is 20.8 Å². The molecule has 278 valence electrons. The summed E-state index contributed by atoms with van der Waals surface area (Å²) in [6, 6.07) is 7.96. The molecule has 3 amide bonds. The highest BCUT2D eigenvalue weighted by Crippen LogP contribution is 2.27. The molecule has 3 unspecified atom stereocenters. The first-order valence-electron chi connectivity index (χ1n) is 15.1. The fraction of sp³-hybridized carbons (Fsp3) is 0.406. The van der Waals surface area contributed by atoms with Crippen LogP contribution in [0, 0.1) is 12.7 Å². The Morgan fingerprint density at radius 3 is 2.10 bits per heavy atom. The number of amides is 3. The molecule has 1 aromatic heterocycles. The molecule has 19 heteroatoms. The fourth-order valence-electron chi connectivity index (χ4n) is 4.99. The van der Waals surface area contributed by atoms with Crippen LogP contribution in [0.5, 0.6) is 0 Å². The molecule has 3 atom stereocenters. The number of benzene rings is 2. The summed E-state index contributed by atoms with van der Waals surface area (Å²) in [5.74, 6) is -5.26. The Morgan fingerprint density at radius 1 is 0.863 bits per heavy atom. The zero-order valence-electron chi connectivity index (χ0n) is 27.3. The molecule has 0 fully saturated rings. The van der Waals surface area contributed by atoms with E-state index in [9.17, 15) is 49.9 Å². The molecule has 0 aliphatic rings. The van der Waals surface area contributed by atoms with E-state index in [1.807, 2.05) is 10.6 Å². The summed E-state index contributed by atoms with van der Waals surface area (Å²) in [6.07, 6.45) is -14.8. The molecule has 0 saturated carbocycles. The normalized spacial score (nSPS) is 13.6. The molecule has 0 aliphatic carbocycles. The number of halogens is 8. The topological polar surface area (TPSA) is 141 Å². The van der Waals surface area contributed by atoms with Crippen molar-refractivity contribution in [3.63, 3.8) is 0 Å². The monoisotopic (exact) mass is 751 g/mol. The number of alkyl halides is 6. The van der Waals surface area contributed by atoms with Gasteiger partial charge in [0.2, 0.25) is 18.1 Å². The van der Waals surface area contributed by atoms with Gasteiger partial charge in [-0.1, -0.05) is 23.7 Å². The average Bonchev–Trinajstić information content (AvgIpc) is 3.41. The summed E-state index contributed by atoms with van der Waals surface area (Å²) in [6.45, 7) is 0.930. The van der Waals surface area contributed by atoms with E-state index in [2.05, 4.69) is 19.8 Å². The number of ether oxygens (including phenoxy) is 2. The number of carbonyl (C=O) groups is 4. The first-order valence-corrected chi connectivity index (χ1v) is 15.5. The minimum absolute atomic E-state index is 0.0108. The highest BCUT2D eigenvalue weighted by Gasteiger charge is 2.47. The summed E-state index contributed by atoms with van der Waals surface area (Å²) < 4.78 is 103. The fourth-order valence-corrected chi connectivity index (χ4v) is 5.17. The van der Waals surface area contributed by atoms with Gasteiger partial charge in [-0.05, 0) is 56.5 Å². The lowest BCUT2D eigenvalue weighted by Crippen LogP contribution is -2.53. The third-order valence-corrected chi connectivity index (χ3v) is 7.65. The molecule has 0 radical (unpaired) electrons. The minimum atomic E-state index is -5.12. The van der Waals surface area contributed by atoms with E-state index in [0.29, 0.717) is 20.0 Å². The summed E-state index contributed by atoms with van der Waals surface area (Å²) in [4.78, 5) is 55.3. The zero-order valence-corrected chi connectivity index (χ0v) is 28.0. The molecular weight excluding hydrogens is 719 g/mol. The van der Waals surface area contributed by atoms with E-state index in [4.69, 9.17) is 11.6 Å². The number of hydrogen-bond acceptors (Lipinski definition) is 7. The predicted molar refractivity (Wildman–Crippen MR) is 167 cm³/mol. The quantitative estimate of drug-likeness (QED) is 0.109. The number of nitrogens with zero attached hydrogens (tertiary/aromatic N) is 2. The van der Waals surface area contributed by atoms with Gasteiger partial charge < -0.3 is 25.4 Å². The van der Waals surface area contributed by atoms with Crippen LogP contribution in [0.25, 0.3) is 5.69 Å². The van der Waals surface area contributed by atoms with Crippen molar-refractivity contribution in [1.82, 2.24) is 25.5 Å². The van der Waals surface area contributed by atoms with Crippen LogP contribution < -0.4 is 16.0 Å². The molecule has 0 spiro atoms. The lowest BCUT2D eigenvalue weighted by molar-refractivity contribution is -0.213. The molecule has 3 N–H and O–H groups in total. The number of aromatic nitrogens is 2. The van der Waals surface area contributed by atoms with Crippen molar-refractivity contribution < 1.29 is 59.4 Å². The van der Waals surface area contributed by atoms with Crippen LogP contribution in [0.4, 0.5) is 30.7 Å².